The molecule has 1 fully saturated rings. The SMILES string of the molecule is CN(Cc1ccc(C(F)(F)F)cc1F)C1CN(C(=O)O)C1. The molecule has 2 rings (SSSR count). The third kappa shape index (κ3) is 3.44. The van der Waals surface area contributed by atoms with Gasteiger partial charge in [0.05, 0.1) is 5.56 Å². The second-order valence-electron chi connectivity index (χ2n) is 5.06. The summed E-state index contributed by atoms with van der Waals surface area (Å²) in [6.45, 7) is 0.754. The number of halogens is 4. The van der Waals surface area contributed by atoms with E-state index in [1.165, 1.54) is 4.90 Å². The fourth-order valence-corrected chi connectivity index (χ4v) is 2.14. The van der Waals surface area contributed by atoms with Crippen molar-refractivity contribution in [3.8, 4) is 0 Å². The maximum atomic E-state index is 13.7. The number of benzene rings is 1. The van der Waals surface area contributed by atoms with Crippen molar-refractivity contribution in [2.75, 3.05) is 20.1 Å². The van der Waals surface area contributed by atoms with E-state index in [-0.39, 0.29) is 18.2 Å². The number of alkyl halides is 3. The first-order valence-corrected chi connectivity index (χ1v) is 6.22. The van der Waals surface area contributed by atoms with Gasteiger partial charge in [0.15, 0.2) is 0 Å². The zero-order valence-corrected chi connectivity index (χ0v) is 11.2. The van der Waals surface area contributed by atoms with E-state index in [2.05, 4.69) is 0 Å². The topological polar surface area (TPSA) is 43.8 Å². The van der Waals surface area contributed by atoms with Gasteiger partial charge in [-0.05, 0) is 19.2 Å². The molecule has 0 aromatic heterocycles. The third-order valence-electron chi connectivity index (χ3n) is 3.56. The number of carboxylic acid groups (broad SMARTS) is 1. The van der Waals surface area contributed by atoms with Crippen LogP contribution < -0.4 is 0 Å². The molecule has 1 aromatic rings. The van der Waals surface area contributed by atoms with Crippen LogP contribution in [0.5, 0.6) is 0 Å². The van der Waals surface area contributed by atoms with Crippen LogP contribution >= 0.6 is 0 Å². The Balaban J connectivity index is 1.99. The highest BCUT2D eigenvalue weighted by Crippen LogP contribution is 2.30. The van der Waals surface area contributed by atoms with E-state index in [1.54, 1.807) is 11.9 Å². The molecule has 8 heteroatoms. The Morgan fingerprint density at radius 2 is 2.05 bits per heavy atom. The number of hydrogen-bond donors (Lipinski definition) is 1. The number of nitrogens with zero attached hydrogens (tertiary/aromatic N) is 2. The van der Waals surface area contributed by atoms with Gasteiger partial charge in [0.2, 0.25) is 0 Å². The fraction of sp³-hybridized carbons (Fsp3) is 0.462. The van der Waals surface area contributed by atoms with Crippen LogP contribution in [-0.4, -0.2) is 47.2 Å². The van der Waals surface area contributed by atoms with Crippen LogP contribution in [0.1, 0.15) is 11.1 Å². The van der Waals surface area contributed by atoms with E-state index in [1.807, 2.05) is 0 Å². The zero-order valence-electron chi connectivity index (χ0n) is 11.2. The van der Waals surface area contributed by atoms with Crippen LogP contribution in [0.4, 0.5) is 22.4 Å². The zero-order chi connectivity index (χ0) is 15.8. The van der Waals surface area contributed by atoms with Gasteiger partial charge in [-0.2, -0.15) is 13.2 Å². The molecule has 1 aromatic carbocycles. The predicted octanol–water partition coefficient (Wildman–Crippen LogP) is 2.64. The first kappa shape index (κ1) is 15.6. The van der Waals surface area contributed by atoms with E-state index < -0.39 is 23.7 Å². The summed E-state index contributed by atoms with van der Waals surface area (Å²) in [7, 11) is 1.68. The molecule has 116 valence electrons. The number of hydrogen-bond acceptors (Lipinski definition) is 2. The van der Waals surface area contributed by atoms with Gasteiger partial charge in [-0.1, -0.05) is 6.07 Å². The van der Waals surface area contributed by atoms with Gasteiger partial charge in [0.25, 0.3) is 0 Å². The number of likely N-dealkylation sites (N-methyl/N-ethyl adjacent to an activating group) is 1. The highest BCUT2D eigenvalue weighted by atomic mass is 19.4. The Morgan fingerprint density at radius 3 is 2.52 bits per heavy atom. The molecule has 0 unspecified atom stereocenters. The molecule has 1 amide bonds. The Labute approximate surface area is 118 Å². The molecular formula is C13H14F4N2O2. The lowest BCUT2D eigenvalue weighted by Gasteiger charge is -2.42. The van der Waals surface area contributed by atoms with Crippen LogP contribution in [0.3, 0.4) is 0 Å². The summed E-state index contributed by atoms with van der Waals surface area (Å²) >= 11 is 0. The monoisotopic (exact) mass is 306 g/mol. The first-order chi connectivity index (χ1) is 9.68. The molecule has 0 atom stereocenters. The summed E-state index contributed by atoms with van der Waals surface area (Å²) in [6, 6.07) is 2.38. The van der Waals surface area contributed by atoms with Gasteiger partial charge in [0, 0.05) is 31.2 Å². The number of likely N-dealkylation sites (tertiary alicyclic amines) is 1. The molecular weight excluding hydrogens is 292 g/mol. The fourth-order valence-electron chi connectivity index (χ4n) is 2.14. The molecule has 4 nitrogen and oxygen atoms in total. The van der Waals surface area contributed by atoms with Crippen molar-refractivity contribution in [2.45, 2.75) is 18.8 Å². The minimum absolute atomic E-state index is 0.0530. The molecule has 1 aliphatic rings. The van der Waals surface area contributed by atoms with Crippen molar-refractivity contribution in [2.24, 2.45) is 0 Å². The molecule has 0 aliphatic carbocycles. The summed E-state index contributed by atoms with van der Waals surface area (Å²) in [6.07, 6.45) is -5.58. The second-order valence-corrected chi connectivity index (χ2v) is 5.06. The Hall–Kier alpha value is -1.83. The Morgan fingerprint density at radius 1 is 1.43 bits per heavy atom. The van der Waals surface area contributed by atoms with Gasteiger partial charge >= 0.3 is 12.3 Å². The maximum absolute atomic E-state index is 13.7. The van der Waals surface area contributed by atoms with Crippen LogP contribution in [-0.2, 0) is 12.7 Å². The molecule has 1 aliphatic heterocycles. The summed E-state index contributed by atoms with van der Waals surface area (Å²) in [4.78, 5) is 13.6. The molecule has 21 heavy (non-hydrogen) atoms. The van der Waals surface area contributed by atoms with Crippen molar-refractivity contribution < 1.29 is 27.5 Å². The molecule has 0 radical (unpaired) electrons. The lowest BCUT2D eigenvalue weighted by Crippen LogP contribution is -2.59. The maximum Gasteiger partial charge on any atom is 0.416 e. The summed E-state index contributed by atoms with van der Waals surface area (Å²) in [5, 5.41) is 8.71. The van der Waals surface area contributed by atoms with Gasteiger partial charge in [-0.25, -0.2) is 9.18 Å². The van der Waals surface area contributed by atoms with Crippen LogP contribution in [0.25, 0.3) is 0 Å². The largest absolute Gasteiger partial charge is 0.465 e. The van der Waals surface area contributed by atoms with Crippen LogP contribution in [0.15, 0.2) is 18.2 Å². The van der Waals surface area contributed by atoms with Gasteiger partial charge in [-0.3, -0.25) is 4.90 Å². The molecule has 1 N–H and O–H groups in total. The van der Waals surface area contributed by atoms with Crippen molar-refractivity contribution in [3.63, 3.8) is 0 Å². The minimum Gasteiger partial charge on any atom is -0.465 e. The van der Waals surface area contributed by atoms with E-state index >= 15 is 0 Å². The van der Waals surface area contributed by atoms with Gasteiger partial charge < -0.3 is 10.0 Å². The lowest BCUT2D eigenvalue weighted by molar-refractivity contribution is -0.137. The average molecular weight is 306 g/mol. The van der Waals surface area contributed by atoms with Crippen molar-refractivity contribution in [1.82, 2.24) is 9.80 Å². The minimum atomic E-state index is -4.57. The normalized spacial score (nSPS) is 16.2. The average Bonchev–Trinajstić information content (AvgIpc) is 2.27. The van der Waals surface area contributed by atoms with E-state index in [0.29, 0.717) is 19.2 Å². The van der Waals surface area contributed by atoms with E-state index in [4.69, 9.17) is 5.11 Å². The van der Waals surface area contributed by atoms with Gasteiger partial charge in [-0.15, -0.1) is 0 Å². The molecule has 0 bridgehead atoms. The molecule has 1 saturated heterocycles. The van der Waals surface area contributed by atoms with E-state index in [9.17, 15) is 22.4 Å². The highest BCUT2D eigenvalue weighted by molar-refractivity contribution is 5.66. The first-order valence-electron chi connectivity index (χ1n) is 6.22. The second kappa shape index (κ2) is 5.51. The summed E-state index contributed by atoms with van der Waals surface area (Å²) in [5.41, 5.74) is -0.869. The molecule has 1 heterocycles. The molecule has 0 spiro atoms. The van der Waals surface area contributed by atoms with Crippen molar-refractivity contribution >= 4 is 6.09 Å². The van der Waals surface area contributed by atoms with Crippen LogP contribution in [0, 0.1) is 5.82 Å². The third-order valence-corrected chi connectivity index (χ3v) is 3.56. The standard InChI is InChI=1S/C13H14F4N2O2/c1-18(10-6-19(7-10)12(20)21)5-8-2-3-9(4-11(8)14)13(15,16)17/h2-4,10H,5-7H2,1H3,(H,20,21). The van der Waals surface area contributed by atoms with Crippen molar-refractivity contribution in [1.29, 1.82) is 0 Å². The number of amides is 1. The predicted molar refractivity (Wildman–Crippen MR) is 66.3 cm³/mol. The van der Waals surface area contributed by atoms with Gasteiger partial charge in [0.1, 0.15) is 5.82 Å². The number of rotatable bonds is 3. The van der Waals surface area contributed by atoms with E-state index in [0.717, 1.165) is 12.1 Å². The number of carbonyl (C=O) groups is 1. The highest BCUT2D eigenvalue weighted by Gasteiger charge is 2.34. The van der Waals surface area contributed by atoms with Crippen molar-refractivity contribution in [3.05, 3.63) is 35.1 Å². The Kier molecular flexibility index (Phi) is 4.08. The Bertz CT molecular complexity index is 541. The van der Waals surface area contributed by atoms with Crippen LogP contribution in [0.2, 0.25) is 0 Å². The quantitative estimate of drug-likeness (QED) is 0.873. The lowest BCUT2D eigenvalue weighted by atomic mass is 10.1. The summed E-state index contributed by atoms with van der Waals surface area (Å²) < 4.78 is 51.0. The molecule has 0 saturated carbocycles. The smallest absolute Gasteiger partial charge is 0.416 e. The summed E-state index contributed by atoms with van der Waals surface area (Å²) in [5.74, 6) is -0.911.